The average molecular weight is 264 g/mol. The number of benzene rings is 1. The zero-order chi connectivity index (χ0) is 13.8. The van der Waals surface area contributed by atoms with Crippen molar-refractivity contribution in [2.24, 2.45) is 0 Å². The van der Waals surface area contributed by atoms with Crippen LogP contribution in [0.15, 0.2) is 30.6 Å². The van der Waals surface area contributed by atoms with E-state index >= 15 is 0 Å². The van der Waals surface area contributed by atoms with E-state index in [1.54, 1.807) is 10.9 Å². The molecule has 1 heterocycles. The van der Waals surface area contributed by atoms with Crippen LogP contribution in [0.25, 0.3) is 0 Å². The maximum atomic E-state index is 13.6. The van der Waals surface area contributed by atoms with E-state index in [1.165, 1.54) is 12.1 Å². The van der Waals surface area contributed by atoms with Crippen LogP contribution in [-0.4, -0.2) is 14.7 Å². The summed E-state index contributed by atoms with van der Waals surface area (Å²) in [4.78, 5) is 9.86. The lowest BCUT2D eigenvalue weighted by molar-refractivity contribution is -0.385. The van der Waals surface area contributed by atoms with E-state index in [1.807, 2.05) is 13.1 Å². The second-order valence-electron chi connectivity index (χ2n) is 3.98. The monoisotopic (exact) mass is 264 g/mol. The SMILES string of the molecule is CCn1cc(CNc2ccc([N+](=O)[O-])cc2F)cn1. The first kappa shape index (κ1) is 13.0. The van der Waals surface area contributed by atoms with E-state index in [4.69, 9.17) is 0 Å². The molecule has 0 unspecified atom stereocenters. The Labute approximate surface area is 109 Å². The molecule has 0 bridgehead atoms. The molecule has 1 aromatic carbocycles. The van der Waals surface area contributed by atoms with Gasteiger partial charge in [0.2, 0.25) is 0 Å². The molecule has 100 valence electrons. The van der Waals surface area contributed by atoms with Gasteiger partial charge in [-0.3, -0.25) is 14.8 Å². The van der Waals surface area contributed by atoms with Gasteiger partial charge in [-0.1, -0.05) is 0 Å². The quantitative estimate of drug-likeness (QED) is 0.665. The van der Waals surface area contributed by atoms with Crippen molar-refractivity contribution in [2.45, 2.75) is 20.0 Å². The molecule has 7 heteroatoms. The molecule has 1 aromatic heterocycles. The van der Waals surface area contributed by atoms with Crippen LogP contribution in [0.4, 0.5) is 15.8 Å². The van der Waals surface area contributed by atoms with Gasteiger partial charge < -0.3 is 5.32 Å². The fourth-order valence-corrected chi connectivity index (χ4v) is 1.63. The highest BCUT2D eigenvalue weighted by atomic mass is 19.1. The summed E-state index contributed by atoms with van der Waals surface area (Å²) in [5.41, 5.74) is 0.885. The second-order valence-corrected chi connectivity index (χ2v) is 3.98. The zero-order valence-corrected chi connectivity index (χ0v) is 10.3. The topological polar surface area (TPSA) is 73.0 Å². The normalized spacial score (nSPS) is 10.4. The summed E-state index contributed by atoms with van der Waals surface area (Å²) < 4.78 is 15.4. The number of aromatic nitrogens is 2. The third-order valence-corrected chi connectivity index (χ3v) is 2.66. The Morgan fingerprint density at radius 1 is 1.53 bits per heavy atom. The molecule has 0 spiro atoms. The molecule has 2 aromatic rings. The number of anilines is 1. The van der Waals surface area contributed by atoms with Crippen molar-refractivity contribution in [1.29, 1.82) is 0 Å². The van der Waals surface area contributed by atoms with Crippen LogP contribution in [0, 0.1) is 15.9 Å². The summed E-state index contributed by atoms with van der Waals surface area (Å²) in [5, 5.41) is 17.5. The molecule has 0 saturated carbocycles. The number of halogens is 1. The number of non-ortho nitro benzene ring substituents is 1. The number of hydrogen-bond donors (Lipinski definition) is 1. The van der Waals surface area contributed by atoms with Crippen molar-refractivity contribution in [1.82, 2.24) is 9.78 Å². The summed E-state index contributed by atoms with van der Waals surface area (Å²) in [6.45, 7) is 3.15. The van der Waals surface area contributed by atoms with Gasteiger partial charge in [0.05, 0.1) is 22.9 Å². The molecule has 0 atom stereocenters. The van der Waals surface area contributed by atoms with Crippen molar-refractivity contribution < 1.29 is 9.31 Å². The van der Waals surface area contributed by atoms with Crippen LogP contribution >= 0.6 is 0 Å². The van der Waals surface area contributed by atoms with Crippen LogP contribution in [0.1, 0.15) is 12.5 Å². The third-order valence-electron chi connectivity index (χ3n) is 2.66. The Kier molecular flexibility index (Phi) is 3.74. The Morgan fingerprint density at radius 3 is 2.89 bits per heavy atom. The number of nitrogens with zero attached hydrogens (tertiary/aromatic N) is 3. The molecule has 6 nitrogen and oxygen atoms in total. The predicted molar refractivity (Wildman–Crippen MR) is 68.3 cm³/mol. The van der Waals surface area contributed by atoms with Crippen LogP contribution < -0.4 is 5.32 Å². The number of rotatable bonds is 5. The first-order valence-corrected chi connectivity index (χ1v) is 5.79. The molecule has 2 rings (SSSR count). The van der Waals surface area contributed by atoms with E-state index in [0.717, 1.165) is 18.2 Å². The van der Waals surface area contributed by atoms with Crippen molar-refractivity contribution in [3.63, 3.8) is 0 Å². The minimum atomic E-state index is -0.642. The molecule has 0 radical (unpaired) electrons. The summed E-state index contributed by atoms with van der Waals surface area (Å²) in [7, 11) is 0. The van der Waals surface area contributed by atoms with Gasteiger partial charge >= 0.3 is 0 Å². The maximum absolute atomic E-state index is 13.6. The third kappa shape index (κ3) is 3.06. The molecular formula is C12H13FN4O2. The van der Waals surface area contributed by atoms with Crippen molar-refractivity contribution in [2.75, 3.05) is 5.32 Å². The first-order chi connectivity index (χ1) is 9.10. The molecule has 0 saturated heterocycles. The van der Waals surface area contributed by atoms with Gasteiger partial charge in [-0.05, 0) is 13.0 Å². The van der Waals surface area contributed by atoms with Crippen LogP contribution in [-0.2, 0) is 13.1 Å². The van der Waals surface area contributed by atoms with Gasteiger partial charge in [0.15, 0.2) is 5.82 Å². The highest BCUT2D eigenvalue weighted by molar-refractivity contribution is 5.50. The van der Waals surface area contributed by atoms with Crippen molar-refractivity contribution >= 4 is 11.4 Å². The van der Waals surface area contributed by atoms with Gasteiger partial charge in [-0.15, -0.1) is 0 Å². The van der Waals surface area contributed by atoms with Gasteiger partial charge in [0.25, 0.3) is 5.69 Å². The summed E-state index contributed by atoms with van der Waals surface area (Å²) >= 11 is 0. The first-order valence-electron chi connectivity index (χ1n) is 5.79. The fourth-order valence-electron chi connectivity index (χ4n) is 1.63. The number of nitro groups is 1. The molecule has 0 amide bonds. The van der Waals surface area contributed by atoms with E-state index < -0.39 is 10.7 Å². The standard InChI is InChI=1S/C12H13FN4O2/c1-2-16-8-9(7-15-16)6-14-12-4-3-10(17(18)19)5-11(12)13/h3-5,7-8,14H,2,6H2,1H3. The summed E-state index contributed by atoms with van der Waals surface area (Å²) in [6, 6.07) is 3.52. The number of hydrogen-bond acceptors (Lipinski definition) is 4. The molecule has 0 fully saturated rings. The Morgan fingerprint density at radius 2 is 2.32 bits per heavy atom. The Hall–Kier alpha value is -2.44. The van der Waals surface area contributed by atoms with Gasteiger partial charge in [0, 0.05) is 30.9 Å². The van der Waals surface area contributed by atoms with E-state index in [0.29, 0.717) is 6.54 Å². The van der Waals surface area contributed by atoms with Crippen LogP contribution in [0.5, 0.6) is 0 Å². The Bertz CT molecular complexity index is 597. The smallest absolute Gasteiger partial charge is 0.272 e. The second kappa shape index (κ2) is 5.47. The maximum Gasteiger partial charge on any atom is 0.272 e. The predicted octanol–water partition coefficient (Wildman–Crippen LogP) is 2.56. The largest absolute Gasteiger partial charge is 0.378 e. The average Bonchev–Trinajstić information content (AvgIpc) is 2.85. The van der Waals surface area contributed by atoms with Crippen molar-refractivity contribution in [3.8, 4) is 0 Å². The lowest BCUT2D eigenvalue weighted by atomic mass is 10.2. The highest BCUT2D eigenvalue weighted by Gasteiger charge is 2.10. The number of nitrogens with one attached hydrogen (secondary N) is 1. The number of aryl methyl sites for hydroxylation is 1. The molecule has 0 aliphatic heterocycles. The van der Waals surface area contributed by atoms with Crippen LogP contribution in [0.3, 0.4) is 0 Å². The molecule has 19 heavy (non-hydrogen) atoms. The number of nitro benzene ring substituents is 1. The van der Waals surface area contributed by atoms with Gasteiger partial charge in [0.1, 0.15) is 0 Å². The lowest BCUT2D eigenvalue weighted by Crippen LogP contribution is -2.01. The minimum absolute atomic E-state index is 0.231. The van der Waals surface area contributed by atoms with E-state index in [2.05, 4.69) is 10.4 Å². The lowest BCUT2D eigenvalue weighted by Gasteiger charge is -2.05. The highest BCUT2D eigenvalue weighted by Crippen LogP contribution is 2.20. The minimum Gasteiger partial charge on any atom is -0.378 e. The van der Waals surface area contributed by atoms with Crippen molar-refractivity contribution in [3.05, 3.63) is 52.1 Å². The molecular weight excluding hydrogens is 251 g/mol. The zero-order valence-electron chi connectivity index (χ0n) is 10.3. The molecule has 1 N–H and O–H groups in total. The fraction of sp³-hybridized carbons (Fsp3) is 0.250. The Balaban J connectivity index is 2.05. The van der Waals surface area contributed by atoms with E-state index in [9.17, 15) is 14.5 Å². The van der Waals surface area contributed by atoms with Crippen LogP contribution in [0.2, 0.25) is 0 Å². The molecule has 0 aliphatic rings. The summed E-state index contributed by atoms with van der Waals surface area (Å²) in [5.74, 6) is -0.642. The summed E-state index contributed by atoms with van der Waals surface area (Å²) in [6.07, 6.45) is 3.55. The van der Waals surface area contributed by atoms with E-state index in [-0.39, 0.29) is 11.4 Å². The molecule has 0 aliphatic carbocycles. The van der Waals surface area contributed by atoms with Gasteiger partial charge in [-0.2, -0.15) is 5.10 Å². The van der Waals surface area contributed by atoms with Gasteiger partial charge in [-0.25, -0.2) is 4.39 Å².